The van der Waals surface area contributed by atoms with Crippen molar-refractivity contribution in [2.75, 3.05) is 5.75 Å². The molecule has 1 aromatic heterocycles. The molecule has 0 saturated carbocycles. The van der Waals surface area contributed by atoms with Crippen LogP contribution in [-0.2, 0) is 17.9 Å². The Morgan fingerprint density at radius 3 is 2.55 bits per heavy atom. The molecule has 0 bridgehead atoms. The fourth-order valence-corrected chi connectivity index (χ4v) is 3.68. The van der Waals surface area contributed by atoms with Gasteiger partial charge in [-0.25, -0.2) is 0 Å². The summed E-state index contributed by atoms with van der Waals surface area (Å²) in [5.74, 6) is 1.42. The number of thioether (sulfide) groups is 1. The fraction of sp³-hybridized carbons (Fsp3) is 0.375. The lowest BCUT2D eigenvalue weighted by molar-refractivity contribution is -0.133. The molecular formula is C24H29N3O3S. The van der Waals surface area contributed by atoms with Crippen LogP contribution in [-0.4, -0.2) is 32.3 Å². The molecule has 0 aliphatic carbocycles. The van der Waals surface area contributed by atoms with Gasteiger partial charge in [0.15, 0.2) is 6.61 Å². The number of aromatic nitrogens is 2. The van der Waals surface area contributed by atoms with Crippen molar-refractivity contribution in [3.8, 4) is 5.75 Å². The lowest BCUT2D eigenvalue weighted by Gasteiger charge is -2.35. The number of rotatable bonds is 8. The molecule has 31 heavy (non-hydrogen) atoms. The van der Waals surface area contributed by atoms with Gasteiger partial charge in [-0.05, 0) is 57.4 Å². The van der Waals surface area contributed by atoms with Gasteiger partial charge in [0.05, 0.1) is 5.75 Å². The summed E-state index contributed by atoms with van der Waals surface area (Å²) >= 11 is 1.24. The maximum atomic E-state index is 12.9. The van der Waals surface area contributed by atoms with Crippen LogP contribution in [0.5, 0.6) is 5.75 Å². The first-order valence-corrected chi connectivity index (χ1v) is 11.2. The largest absolute Gasteiger partial charge is 0.484 e. The lowest BCUT2D eigenvalue weighted by Crippen LogP contribution is -2.45. The molecule has 2 aromatic carbocycles. The Kier molecular flexibility index (Phi) is 7.38. The van der Waals surface area contributed by atoms with E-state index in [1.54, 1.807) is 0 Å². The molecule has 1 heterocycles. The van der Waals surface area contributed by atoms with E-state index in [4.69, 9.17) is 9.15 Å². The van der Waals surface area contributed by atoms with Crippen LogP contribution in [0.2, 0.25) is 0 Å². The van der Waals surface area contributed by atoms with Crippen LogP contribution in [0, 0.1) is 13.8 Å². The molecule has 7 heteroatoms. The van der Waals surface area contributed by atoms with Gasteiger partial charge in [-0.15, -0.1) is 10.2 Å². The second kappa shape index (κ2) is 10.0. The summed E-state index contributed by atoms with van der Waals surface area (Å²) in [5.41, 5.74) is 2.97. The van der Waals surface area contributed by atoms with E-state index in [1.807, 2.05) is 88.0 Å². The summed E-state index contributed by atoms with van der Waals surface area (Å²) in [6.45, 7) is 10.9. The second-order valence-corrected chi connectivity index (χ2v) is 9.37. The van der Waals surface area contributed by atoms with E-state index in [9.17, 15) is 4.79 Å². The highest BCUT2D eigenvalue weighted by Crippen LogP contribution is 2.24. The van der Waals surface area contributed by atoms with Crippen molar-refractivity contribution in [3.63, 3.8) is 0 Å². The van der Waals surface area contributed by atoms with Crippen LogP contribution in [0.3, 0.4) is 0 Å². The van der Waals surface area contributed by atoms with E-state index in [1.165, 1.54) is 11.8 Å². The third-order valence-corrected chi connectivity index (χ3v) is 5.56. The highest BCUT2D eigenvalue weighted by atomic mass is 32.2. The van der Waals surface area contributed by atoms with Crippen LogP contribution in [0.4, 0.5) is 0 Å². The Morgan fingerprint density at radius 1 is 1.10 bits per heavy atom. The average molecular weight is 440 g/mol. The molecule has 1 amide bonds. The molecule has 0 fully saturated rings. The van der Waals surface area contributed by atoms with Crippen molar-refractivity contribution < 1.29 is 13.9 Å². The summed E-state index contributed by atoms with van der Waals surface area (Å²) < 4.78 is 11.5. The topological polar surface area (TPSA) is 68.5 Å². The van der Waals surface area contributed by atoms with Gasteiger partial charge in [-0.1, -0.05) is 54.2 Å². The Bertz CT molecular complexity index is 1010. The zero-order chi connectivity index (χ0) is 22.4. The summed E-state index contributed by atoms with van der Waals surface area (Å²) in [6, 6.07) is 16.0. The van der Waals surface area contributed by atoms with Gasteiger partial charge in [-0.2, -0.15) is 0 Å². The zero-order valence-corrected chi connectivity index (χ0v) is 19.5. The maximum Gasteiger partial charge on any atom is 0.277 e. The van der Waals surface area contributed by atoms with Gasteiger partial charge in [0.1, 0.15) is 5.75 Å². The predicted octanol–water partition coefficient (Wildman–Crippen LogP) is 5.18. The van der Waals surface area contributed by atoms with Crippen LogP contribution in [0.1, 0.15) is 43.4 Å². The Labute approximate surface area is 188 Å². The monoisotopic (exact) mass is 439 g/mol. The first kappa shape index (κ1) is 22.9. The number of carbonyl (C=O) groups is 1. The molecule has 0 saturated heterocycles. The number of aryl methyl sites for hydroxylation is 2. The molecule has 0 N–H and O–H groups in total. The van der Waals surface area contributed by atoms with E-state index < -0.39 is 0 Å². The molecule has 0 radical (unpaired) electrons. The maximum absolute atomic E-state index is 12.9. The van der Waals surface area contributed by atoms with Crippen LogP contribution < -0.4 is 4.74 Å². The van der Waals surface area contributed by atoms with Gasteiger partial charge in [-0.3, -0.25) is 4.79 Å². The lowest BCUT2D eigenvalue weighted by atomic mass is 10.0. The van der Waals surface area contributed by atoms with Gasteiger partial charge >= 0.3 is 0 Å². The van der Waals surface area contributed by atoms with Crippen molar-refractivity contribution in [1.82, 2.24) is 15.1 Å². The van der Waals surface area contributed by atoms with Crippen molar-refractivity contribution in [2.24, 2.45) is 0 Å². The predicted molar refractivity (Wildman–Crippen MR) is 122 cm³/mol. The van der Waals surface area contributed by atoms with E-state index in [0.717, 1.165) is 22.4 Å². The molecule has 0 spiro atoms. The number of benzene rings is 2. The van der Waals surface area contributed by atoms with Crippen molar-refractivity contribution in [2.45, 2.75) is 58.5 Å². The van der Waals surface area contributed by atoms with Gasteiger partial charge in [0.25, 0.3) is 11.1 Å². The van der Waals surface area contributed by atoms with Crippen molar-refractivity contribution in [1.29, 1.82) is 0 Å². The Morgan fingerprint density at radius 2 is 1.84 bits per heavy atom. The molecule has 0 atom stereocenters. The first-order chi connectivity index (χ1) is 14.7. The molecule has 0 unspecified atom stereocenters. The molecule has 3 rings (SSSR count). The third kappa shape index (κ3) is 6.59. The standard InChI is InChI=1S/C24H29N3O3S/c1-17-11-12-18(2)20(13-17)29-15-21-25-26-23(30-21)31-16-22(28)27(24(3,4)5)14-19-9-7-6-8-10-19/h6-13H,14-16H2,1-5H3. The second-order valence-electron chi connectivity index (χ2n) is 8.44. The molecule has 0 aliphatic heterocycles. The average Bonchev–Trinajstić information content (AvgIpc) is 3.19. The van der Waals surface area contributed by atoms with Crippen molar-refractivity contribution in [3.05, 3.63) is 71.1 Å². The number of nitrogens with zero attached hydrogens (tertiary/aromatic N) is 3. The van der Waals surface area contributed by atoms with Crippen molar-refractivity contribution >= 4 is 17.7 Å². The summed E-state index contributed by atoms with van der Waals surface area (Å²) in [4.78, 5) is 14.8. The fourth-order valence-electron chi connectivity index (χ4n) is 3.02. The van der Waals surface area contributed by atoms with Gasteiger partial charge in [0, 0.05) is 12.1 Å². The SMILES string of the molecule is Cc1ccc(C)c(OCc2nnc(SCC(=O)N(Cc3ccccc3)C(C)(C)C)o2)c1. The normalized spacial score (nSPS) is 11.4. The quantitative estimate of drug-likeness (QED) is 0.450. The van der Waals surface area contributed by atoms with E-state index in [0.29, 0.717) is 17.7 Å². The molecule has 164 valence electrons. The van der Waals surface area contributed by atoms with Crippen LogP contribution in [0.25, 0.3) is 0 Å². The zero-order valence-electron chi connectivity index (χ0n) is 18.7. The van der Waals surface area contributed by atoms with E-state index >= 15 is 0 Å². The number of ether oxygens (including phenoxy) is 1. The minimum atomic E-state index is -0.299. The Hall–Kier alpha value is -2.80. The minimum absolute atomic E-state index is 0.0211. The molecule has 3 aromatic rings. The number of hydrogen-bond acceptors (Lipinski definition) is 6. The summed E-state index contributed by atoms with van der Waals surface area (Å²) in [5, 5.41) is 8.44. The number of hydrogen-bond donors (Lipinski definition) is 0. The minimum Gasteiger partial charge on any atom is -0.484 e. The summed E-state index contributed by atoms with van der Waals surface area (Å²) in [7, 11) is 0. The number of carbonyl (C=O) groups excluding carboxylic acids is 1. The summed E-state index contributed by atoms with van der Waals surface area (Å²) in [6.07, 6.45) is 0. The smallest absolute Gasteiger partial charge is 0.277 e. The highest BCUT2D eigenvalue weighted by molar-refractivity contribution is 7.99. The molecule has 0 aliphatic rings. The highest BCUT2D eigenvalue weighted by Gasteiger charge is 2.27. The number of amides is 1. The van der Waals surface area contributed by atoms with Gasteiger partial charge < -0.3 is 14.1 Å². The van der Waals surface area contributed by atoms with Gasteiger partial charge in [0.2, 0.25) is 5.91 Å². The Balaban J connectivity index is 1.57. The van der Waals surface area contributed by atoms with E-state index in [2.05, 4.69) is 10.2 Å². The molecule has 6 nitrogen and oxygen atoms in total. The van der Waals surface area contributed by atoms with Crippen LogP contribution >= 0.6 is 11.8 Å². The van der Waals surface area contributed by atoms with E-state index in [-0.39, 0.29) is 23.8 Å². The van der Waals surface area contributed by atoms with Crippen LogP contribution in [0.15, 0.2) is 58.2 Å². The third-order valence-electron chi connectivity index (χ3n) is 4.76. The molecular weight excluding hydrogens is 410 g/mol. The first-order valence-electron chi connectivity index (χ1n) is 10.2.